The molecule has 7 nitrogen and oxygen atoms in total. The number of thiazole rings is 1. The molecular weight excluding hydrogens is 298 g/mol. The van der Waals surface area contributed by atoms with E-state index in [9.17, 15) is 8.42 Å². The van der Waals surface area contributed by atoms with Crippen LogP contribution < -0.4 is 10.0 Å². The molecule has 1 saturated carbocycles. The van der Waals surface area contributed by atoms with Gasteiger partial charge in [0.2, 0.25) is 0 Å². The number of aromatic amines is 1. The van der Waals surface area contributed by atoms with Crippen LogP contribution in [0.2, 0.25) is 0 Å². The summed E-state index contributed by atoms with van der Waals surface area (Å²) in [5, 5.41) is 11.6. The Kier molecular flexibility index (Phi) is 3.48. The topological polar surface area (TPSA) is 99.8 Å². The third-order valence-corrected chi connectivity index (χ3v) is 5.31. The predicted molar refractivity (Wildman–Crippen MR) is 76.2 cm³/mol. The second-order valence-corrected chi connectivity index (χ2v) is 7.19. The van der Waals surface area contributed by atoms with Crippen molar-refractivity contribution in [1.29, 1.82) is 0 Å². The molecule has 1 aliphatic carbocycles. The van der Waals surface area contributed by atoms with Gasteiger partial charge in [0.05, 0.1) is 11.9 Å². The molecule has 0 unspecified atom stereocenters. The number of aromatic nitrogens is 3. The minimum atomic E-state index is -3.67. The highest BCUT2D eigenvalue weighted by atomic mass is 32.2. The lowest BCUT2D eigenvalue weighted by molar-refractivity contribution is 0.595. The van der Waals surface area contributed by atoms with Crippen molar-refractivity contribution in [1.82, 2.24) is 20.5 Å². The summed E-state index contributed by atoms with van der Waals surface area (Å²) < 4.78 is 27.1. The van der Waals surface area contributed by atoms with Crippen LogP contribution >= 0.6 is 11.3 Å². The normalized spacial score (nSPS) is 15.4. The first kappa shape index (κ1) is 13.5. The number of nitrogens with one attached hydrogen (secondary N) is 3. The molecule has 0 aliphatic heterocycles. The maximum Gasteiger partial charge on any atom is 0.280 e. The van der Waals surface area contributed by atoms with Crippen LogP contribution in [0.15, 0.2) is 16.6 Å². The molecule has 2 heterocycles. The number of nitrogens with zero attached hydrogens (tertiary/aromatic N) is 2. The van der Waals surface area contributed by atoms with Gasteiger partial charge in [-0.3, -0.25) is 9.82 Å². The second-order valence-electron chi connectivity index (χ2n) is 4.71. The average Bonchev–Trinajstić information content (AvgIpc) is 2.95. The Morgan fingerprint density at radius 3 is 3.00 bits per heavy atom. The lowest BCUT2D eigenvalue weighted by Gasteiger charge is -2.05. The highest BCUT2D eigenvalue weighted by molar-refractivity contribution is 7.92. The molecule has 108 valence electrons. The van der Waals surface area contributed by atoms with E-state index in [0.717, 1.165) is 18.5 Å². The first-order valence-electron chi connectivity index (χ1n) is 6.25. The first-order valence-corrected chi connectivity index (χ1v) is 8.61. The molecule has 3 N–H and O–H groups in total. The first-order chi connectivity index (χ1) is 9.60. The molecule has 1 aliphatic rings. The van der Waals surface area contributed by atoms with E-state index in [4.69, 9.17) is 0 Å². The van der Waals surface area contributed by atoms with Crippen molar-refractivity contribution in [3.05, 3.63) is 22.8 Å². The van der Waals surface area contributed by atoms with Gasteiger partial charge in [-0.1, -0.05) is 0 Å². The standard InChI is InChI=1S/C11H15N5O2S2/c1-12-4-8-5-13-15-10(8)20(17,18)16-11-14-9(6-19-11)7-2-3-7/h5-7,12H,2-4H2,1H3,(H,13,15)(H,14,16). The Balaban J connectivity index is 1.81. The number of H-pyrrole nitrogens is 1. The third kappa shape index (κ3) is 2.69. The van der Waals surface area contributed by atoms with Crippen molar-refractivity contribution in [3.8, 4) is 0 Å². The molecule has 20 heavy (non-hydrogen) atoms. The summed E-state index contributed by atoms with van der Waals surface area (Å²) in [7, 11) is -1.93. The molecule has 0 aromatic carbocycles. The Morgan fingerprint density at radius 2 is 2.30 bits per heavy atom. The number of rotatable bonds is 6. The third-order valence-electron chi connectivity index (χ3n) is 3.05. The quantitative estimate of drug-likeness (QED) is 0.745. The van der Waals surface area contributed by atoms with Gasteiger partial charge in [-0.15, -0.1) is 11.3 Å². The van der Waals surface area contributed by atoms with Crippen LogP contribution in [0.5, 0.6) is 0 Å². The molecule has 0 amide bonds. The predicted octanol–water partition coefficient (Wildman–Crippen LogP) is 1.26. The lowest BCUT2D eigenvalue weighted by Crippen LogP contribution is -2.17. The van der Waals surface area contributed by atoms with Crippen molar-refractivity contribution >= 4 is 26.5 Å². The fourth-order valence-corrected chi connectivity index (χ4v) is 4.09. The SMILES string of the molecule is CNCc1cn[nH]c1S(=O)(=O)Nc1nc(C2CC2)cs1. The van der Waals surface area contributed by atoms with Gasteiger partial charge in [-0.2, -0.15) is 13.5 Å². The number of sulfonamides is 1. The molecule has 9 heteroatoms. The van der Waals surface area contributed by atoms with E-state index in [0.29, 0.717) is 23.2 Å². The number of hydrogen-bond donors (Lipinski definition) is 3. The van der Waals surface area contributed by atoms with Crippen molar-refractivity contribution in [3.63, 3.8) is 0 Å². The molecule has 0 saturated heterocycles. The van der Waals surface area contributed by atoms with Gasteiger partial charge in [-0.25, -0.2) is 4.98 Å². The van der Waals surface area contributed by atoms with E-state index >= 15 is 0 Å². The molecule has 0 spiro atoms. The molecule has 2 aromatic rings. The second kappa shape index (κ2) is 5.15. The molecule has 1 fully saturated rings. The lowest BCUT2D eigenvalue weighted by atomic mass is 10.3. The summed E-state index contributed by atoms with van der Waals surface area (Å²) >= 11 is 1.31. The van der Waals surface area contributed by atoms with Crippen LogP contribution in [0.4, 0.5) is 5.13 Å². The van der Waals surface area contributed by atoms with Gasteiger partial charge >= 0.3 is 0 Å². The van der Waals surface area contributed by atoms with Crippen molar-refractivity contribution < 1.29 is 8.42 Å². The van der Waals surface area contributed by atoms with Crippen LogP contribution in [-0.2, 0) is 16.6 Å². The minimum Gasteiger partial charge on any atom is -0.316 e. The summed E-state index contributed by atoms with van der Waals surface area (Å²) in [4.78, 5) is 4.32. The Bertz CT molecular complexity index is 702. The Hall–Kier alpha value is -1.45. The van der Waals surface area contributed by atoms with E-state index in [2.05, 4.69) is 25.2 Å². The summed E-state index contributed by atoms with van der Waals surface area (Å²) in [5.74, 6) is 0.511. The van der Waals surface area contributed by atoms with Crippen molar-refractivity contribution in [2.45, 2.75) is 30.3 Å². The van der Waals surface area contributed by atoms with Gasteiger partial charge in [0, 0.05) is 23.4 Å². The maximum absolute atomic E-state index is 12.3. The summed E-state index contributed by atoms with van der Waals surface area (Å²) in [6, 6.07) is 0. The highest BCUT2D eigenvalue weighted by Crippen LogP contribution is 2.41. The fraction of sp³-hybridized carbons (Fsp3) is 0.455. The highest BCUT2D eigenvalue weighted by Gasteiger charge is 2.27. The largest absolute Gasteiger partial charge is 0.316 e. The zero-order chi connectivity index (χ0) is 14.2. The monoisotopic (exact) mass is 313 g/mol. The van der Waals surface area contributed by atoms with Crippen molar-refractivity contribution in [2.75, 3.05) is 11.8 Å². The van der Waals surface area contributed by atoms with E-state index < -0.39 is 10.0 Å². The van der Waals surface area contributed by atoms with Gasteiger partial charge in [-0.05, 0) is 19.9 Å². The minimum absolute atomic E-state index is 0.0787. The summed E-state index contributed by atoms with van der Waals surface area (Å²) in [5.41, 5.74) is 1.58. The average molecular weight is 313 g/mol. The molecule has 0 radical (unpaired) electrons. The molecular formula is C11H15N5O2S2. The van der Waals surface area contributed by atoms with Gasteiger partial charge in [0.15, 0.2) is 10.2 Å². The van der Waals surface area contributed by atoms with Gasteiger partial charge in [0.25, 0.3) is 10.0 Å². The van der Waals surface area contributed by atoms with E-state index in [1.54, 1.807) is 7.05 Å². The maximum atomic E-state index is 12.3. The van der Waals surface area contributed by atoms with Crippen molar-refractivity contribution in [2.24, 2.45) is 0 Å². The molecule has 0 atom stereocenters. The summed E-state index contributed by atoms with van der Waals surface area (Å²) in [6.07, 6.45) is 3.79. The van der Waals surface area contributed by atoms with Crippen LogP contribution in [0.25, 0.3) is 0 Å². The fourth-order valence-electron chi connectivity index (χ4n) is 1.91. The smallest absolute Gasteiger partial charge is 0.280 e. The van der Waals surface area contributed by atoms with Crippen LogP contribution in [-0.4, -0.2) is 30.6 Å². The van der Waals surface area contributed by atoms with E-state index in [-0.39, 0.29) is 5.03 Å². The zero-order valence-corrected chi connectivity index (χ0v) is 12.5. The summed E-state index contributed by atoms with van der Waals surface area (Å²) in [6.45, 7) is 0.429. The van der Waals surface area contributed by atoms with Gasteiger partial charge < -0.3 is 5.32 Å². The van der Waals surface area contributed by atoms with Crippen LogP contribution in [0, 0.1) is 0 Å². The molecule has 2 aromatic heterocycles. The number of hydrogen-bond acceptors (Lipinski definition) is 6. The zero-order valence-electron chi connectivity index (χ0n) is 10.9. The van der Waals surface area contributed by atoms with E-state index in [1.807, 2.05) is 5.38 Å². The Morgan fingerprint density at radius 1 is 1.50 bits per heavy atom. The molecule has 3 rings (SSSR count). The Labute approximate surface area is 120 Å². The van der Waals surface area contributed by atoms with E-state index in [1.165, 1.54) is 17.5 Å². The van der Waals surface area contributed by atoms with Crippen LogP contribution in [0.1, 0.15) is 30.0 Å². The number of anilines is 1. The van der Waals surface area contributed by atoms with Crippen LogP contribution in [0.3, 0.4) is 0 Å². The molecule has 0 bridgehead atoms. The van der Waals surface area contributed by atoms with Gasteiger partial charge in [0.1, 0.15) is 0 Å².